The second-order valence-electron chi connectivity index (χ2n) is 2.57. The molecule has 0 aliphatic heterocycles. The Kier molecular flexibility index (Phi) is 3.89. The number of hydrogen-bond acceptors (Lipinski definition) is 2. The summed E-state index contributed by atoms with van der Waals surface area (Å²) in [5.74, 6) is 1.66. The van der Waals surface area contributed by atoms with Gasteiger partial charge in [-0.05, 0) is 36.8 Å². The van der Waals surface area contributed by atoms with E-state index >= 15 is 0 Å². The molecule has 2 heteroatoms. The van der Waals surface area contributed by atoms with Gasteiger partial charge in [0.25, 0.3) is 0 Å². The zero-order valence-electron chi connectivity index (χ0n) is 7.99. The molecule has 0 aliphatic rings. The molecular weight excluding hydrogens is 164 g/mol. The van der Waals surface area contributed by atoms with Gasteiger partial charge < -0.3 is 9.47 Å². The number of allylic oxidation sites excluding steroid dienone is 1. The van der Waals surface area contributed by atoms with Gasteiger partial charge in [0.1, 0.15) is 11.5 Å². The topological polar surface area (TPSA) is 18.5 Å². The molecule has 13 heavy (non-hydrogen) atoms. The number of ether oxygens (including phenoxy) is 2. The van der Waals surface area contributed by atoms with Gasteiger partial charge in [-0.3, -0.25) is 0 Å². The number of methoxy groups -OCH3 is 1. The van der Waals surface area contributed by atoms with Crippen molar-refractivity contribution in [3.8, 4) is 11.5 Å². The monoisotopic (exact) mass is 178 g/mol. The fourth-order valence-electron chi connectivity index (χ4n) is 0.877. The first-order chi connectivity index (χ1) is 6.36. The maximum atomic E-state index is 5.31. The minimum absolute atomic E-state index is 0.825. The standard InChI is InChI=1S/C11H14O2/c1-3-4-9-13-11-7-5-10(12-2)6-8-11/h4-9H,3H2,1-2H3. The number of hydrogen-bond donors (Lipinski definition) is 0. The highest BCUT2D eigenvalue weighted by Gasteiger charge is 1.91. The van der Waals surface area contributed by atoms with Crippen LogP contribution in [0.5, 0.6) is 11.5 Å². The molecule has 0 saturated carbocycles. The van der Waals surface area contributed by atoms with Gasteiger partial charge in [0.05, 0.1) is 13.4 Å². The molecule has 2 nitrogen and oxygen atoms in total. The summed E-state index contributed by atoms with van der Waals surface area (Å²) < 4.78 is 10.3. The van der Waals surface area contributed by atoms with Crippen LogP contribution < -0.4 is 9.47 Å². The lowest BCUT2D eigenvalue weighted by Crippen LogP contribution is -1.84. The molecule has 0 heterocycles. The third-order valence-electron chi connectivity index (χ3n) is 1.60. The quantitative estimate of drug-likeness (QED) is 0.660. The number of benzene rings is 1. The lowest BCUT2D eigenvalue weighted by atomic mass is 10.3. The summed E-state index contributed by atoms with van der Waals surface area (Å²) in [5.41, 5.74) is 0. The Morgan fingerprint density at radius 1 is 1.15 bits per heavy atom. The van der Waals surface area contributed by atoms with Gasteiger partial charge in [0.2, 0.25) is 0 Å². The van der Waals surface area contributed by atoms with E-state index in [1.165, 1.54) is 0 Å². The first-order valence-corrected chi connectivity index (χ1v) is 4.32. The molecule has 0 bridgehead atoms. The van der Waals surface area contributed by atoms with Crippen molar-refractivity contribution in [1.82, 2.24) is 0 Å². The molecule has 0 aliphatic carbocycles. The molecule has 0 aromatic heterocycles. The van der Waals surface area contributed by atoms with Gasteiger partial charge in [-0.25, -0.2) is 0 Å². The molecule has 0 fully saturated rings. The van der Waals surface area contributed by atoms with Crippen LogP contribution in [0, 0.1) is 0 Å². The molecule has 0 radical (unpaired) electrons. The molecule has 0 atom stereocenters. The number of rotatable bonds is 4. The summed E-state index contributed by atoms with van der Waals surface area (Å²) in [7, 11) is 1.65. The second kappa shape index (κ2) is 5.25. The molecule has 0 unspecified atom stereocenters. The van der Waals surface area contributed by atoms with Crippen LogP contribution in [-0.4, -0.2) is 7.11 Å². The molecule has 0 spiro atoms. The Labute approximate surface area is 78.8 Å². The first-order valence-electron chi connectivity index (χ1n) is 4.32. The lowest BCUT2D eigenvalue weighted by molar-refractivity contribution is 0.412. The SMILES string of the molecule is CCC=COc1ccc(OC)cc1. The highest BCUT2D eigenvalue weighted by atomic mass is 16.5. The van der Waals surface area contributed by atoms with Crippen LogP contribution in [0.15, 0.2) is 36.6 Å². The van der Waals surface area contributed by atoms with E-state index in [9.17, 15) is 0 Å². The van der Waals surface area contributed by atoms with Gasteiger partial charge in [0, 0.05) is 0 Å². The molecule has 70 valence electrons. The van der Waals surface area contributed by atoms with Crippen LogP contribution in [-0.2, 0) is 0 Å². The average Bonchev–Trinajstić information content (AvgIpc) is 2.19. The summed E-state index contributed by atoms with van der Waals surface area (Å²) in [6, 6.07) is 7.49. The molecular formula is C11H14O2. The van der Waals surface area contributed by atoms with Crippen molar-refractivity contribution >= 4 is 0 Å². The Morgan fingerprint density at radius 2 is 1.77 bits per heavy atom. The fourth-order valence-corrected chi connectivity index (χ4v) is 0.877. The van der Waals surface area contributed by atoms with Crippen molar-refractivity contribution in [1.29, 1.82) is 0 Å². The molecule has 1 aromatic rings. The van der Waals surface area contributed by atoms with Gasteiger partial charge in [-0.2, -0.15) is 0 Å². The molecule has 0 saturated heterocycles. The van der Waals surface area contributed by atoms with E-state index in [1.54, 1.807) is 13.4 Å². The van der Waals surface area contributed by atoms with E-state index in [0.717, 1.165) is 17.9 Å². The van der Waals surface area contributed by atoms with Crippen LogP contribution in [0.25, 0.3) is 0 Å². The van der Waals surface area contributed by atoms with E-state index in [-0.39, 0.29) is 0 Å². The van der Waals surface area contributed by atoms with Crippen molar-refractivity contribution in [3.05, 3.63) is 36.6 Å². The zero-order valence-corrected chi connectivity index (χ0v) is 7.99. The molecule has 1 rings (SSSR count). The normalized spacial score (nSPS) is 10.3. The van der Waals surface area contributed by atoms with Crippen molar-refractivity contribution in [2.75, 3.05) is 7.11 Å². The molecule has 0 amide bonds. The van der Waals surface area contributed by atoms with Crippen molar-refractivity contribution in [3.63, 3.8) is 0 Å². The summed E-state index contributed by atoms with van der Waals surface area (Å²) in [5, 5.41) is 0. The lowest BCUT2D eigenvalue weighted by Gasteiger charge is -2.01. The highest BCUT2D eigenvalue weighted by molar-refractivity contribution is 5.31. The van der Waals surface area contributed by atoms with Gasteiger partial charge in [-0.15, -0.1) is 0 Å². The zero-order chi connectivity index (χ0) is 9.52. The van der Waals surface area contributed by atoms with Gasteiger partial charge in [0.15, 0.2) is 0 Å². The van der Waals surface area contributed by atoms with E-state index in [2.05, 4.69) is 6.92 Å². The first kappa shape index (κ1) is 9.65. The second-order valence-corrected chi connectivity index (χ2v) is 2.57. The van der Waals surface area contributed by atoms with Crippen LogP contribution in [0.2, 0.25) is 0 Å². The van der Waals surface area contributed by atoms with Crippen LogP contribution in [0.3, 0.4) is 0 Å². The Bertz CT molecular complexity index is 262. The maximum Gasteiger partial charge on any atom is 0.126 e. The summed E-state index contributed by atoms with van der Waals surface area (Å²) in [6.07, 6.45) is 4.64. The smallest absolute Gasteiger partial charge is 0.126 e. The van der Waals surface area contributed by atoms with Crippen molar-refractivity contribution in [2.24, 2.45) is 0 Å². The van der Waals surface area contributed by atoms with Crippen molar-refractivity contribution < 1.29 is 9.47 Å². The summed E-state index contributed by atoms with van der Waals surface area (Å²) in [6.45, 7) is 2.06. The average molecular weight is 178 g/mol. The maximum absolute atomic E-state index is 5.31. The van der Waals surface area contributed by atoms with Crippen LogP contribution in [0.4, 0.5) is 0 Å². The third kappa shape index (κ3) is 3.20. The minimum Gasteiger partial charge on any atom is -0.497 e. The summed E-state index contributed by atoms with van der Waals surface area (Å²) >= 11 is 0. The van der Waals surface area contributed by atoms with E-state index in [1.807, 2.05) is 30.3 Å². The molecule has 0 N–H and O–H groups in total. The van der Waals surface area contributed by atoms with Crippen LogP contribution >= 0.6 is 0 Å². The van der Waals surface area contributed by atoms with Gasteiger partial charge in [-0.1, -0.05) is 6.92 Å². The van der Waals surface area contributed by atoms with Gasteiger partial charge >= 0.3 is 0 Å². The molecule has 1 aromatic carbocycles. The summed E-state index contributed by atoms with van der Waals surface area (Å²) in [4.78, 5) is 0. The predicted molar refractivity (Wildman–Crippen MR) is 53.1 cm³/mol. The van der Waals surface area contributed by atoms with Crippen molar-refractivity contribution in [2.45, 2.75) is 13.3 Å². The van der Waals surface area contributed by atoms with E-state index in [0.29, 0.717) is 0 Å². The van der Waals surface area contributed by atoms with E-state index in [4.69, 9.17) is 9.47 Å². The predicted octanol–water partition coefficient (Wildman–Crippen LogP) is 3.00. The Morgan fingerprint density at radius 3 is 2.31 bits per heavy atom. The largest absolute Gasteiger partial charge is 0.497 e. The van der Waals surface area contributed by atoms with Crippen LogP contribution in [0.1, 0.15) is 13.3 Å². The fraction of sp³-hybridized carbons (Fsp3) is 0.273. The minimum atomic E-state index is 0.825. The Hall–Kier alpha value is -1.44. The Balaban J connectivity index is 2.54. The third-order valence-corrected chi connectivity index (χ3v) is 1.60. The highest BCUT2D eigenvalue weighted by Crippen LogP contribution is 2.16. The van der Waals surface area contributed by atoms with E-state index < -0.39 is 0 Å².